The van der Waals surface area contributed by atoms with E-state index in [-0.39, 0.29) is 38.6 Å². The van der Waals surface area contributed by atoms with Gasteiger partial charge in [-0.1, -0.05) is 309 Å². The summed E-state index contributed by atoms with van der Waals surface area (Å²) in [5, 5.41) is 0. The molecule has 0 bridgehead atoms. The molecule has 0 aromatic heterocycles. The van der Waals surface area contributed by atoms with Crippen LogP contribution in [-0.4, -0.2) is 49.3 Å². The predicted octanol–water partition coefficient (Wildman–Crippen LogP) is 20.4. The fourth-order valence-corrected chi connectivity index (χ4v) is 10.6. The molecule has 0 saturated carbocycles. The Labute approximate surface area is 453 Å². The lowest BCUT2D eigenvalue weighted by Gasteiger charge is -2.19. The number of allylic oxidation sites excluding steroid dienone is 2. The van der Waals surface area contributed by atoms with E-state index in [4.69, 9.17) is 24.3 Å². The number of unbranched alkanes of at least 4 members (excludes halogenated alkanes) is 47. The molecule has 0 radical (unpaired) electrons. The van der Waals surface area contributed by atoms with Gasteiger partial charge in [0.05, 0.1) is 13.2 Å². The van der Waals surface area contributed by atoms with Gasteiger partial charge in [-0.3, -0.25) is 18.6 Å². The van der Waals surface area contributed by atoms with Crippen molar-refractivity contribution in [3.63, 3.8) is 0 Å². The molecule has 73 heavy (non-hydrogen) atoms. The van der Waals surface area contributed by atoms with Crippen LogP contribution < -0.4 is 5.73 Å². The molecule has 10 heteroatoms. The van der Waals surface area contributed by atoms with Crippen LogP contribution in [0.15, 0.2) is 12.2 Å². The third-order valence-electron chi connectivity index (χ3n) is 14.7. The molecule has 0 aliphatic heterocycles. The summed E-state index contributed by atoms with van der Waals surface area (Å²) in [6, 6.07) is 0. The second-order valence-corrected chi connectivity index (χ2v) is 23.4. The summed E-state index contributed by atoms with van der Waals surface area (Å²) in [4.78, 5) is 35.3. The number of ether oxygens (including phenoxy) is 2. The highest BCUT2D eigenvalue weighted by molar-refractivity contribution is 7.47. The maximum atomic E-state index is 12.7. The van der Waals surface area contributed by atoms with Crippen molar-refractivity contribution in [2.75, 3.05) is 26.4 Å². The van der Waals surface area contributed by atoms with E-state index < -0.39 is 26.5 Å². The highest BCUT2D eigenvalue weighted by atomic mass is 31.2. The molecule has 0 spiro atoms. The number of hydrogen-bond donors (Lipinski definition) is 2. The minimum absolute atomic E-state index is 0.0577. The first-order valence-electron chi connectivity index (χ1n) is 32.2. The molecule has 3 N–H and O–H groups in total. The molecule has 0 fully saturated rings. The van der Waals surface area contributed by atoms with E-state index in [1.165, 1.54) is 283 Å². The van der Waals surface area contributed by atoms with Crippen LogP contribution in [0.2, 0.25) is 0 Å². The Morgan fingerprint density at radius 1 is 0.397 bits per heavy atom. The molecular weight excluding hydrogens is 930 g/mol. The van der Waals surface area contributed by atoms with Gasteiger partial charge >= 0.3 is 19.8 Å². The third-order valence-corrected chi connectivity index (χ3v) is 15.6. The zero-order valence-electron chi connectivity index (χ0n) is 48.7. The van der Waals surface area contributed by atoms with Crippen LogP contribution in [0, 0.1) is 0 Å². The molecule has 9 nitrogen and oxygen atoms in total. The summed E-state index contributed by atoms with van der Waals surface area (Å²) < 4.78 is 33.1. The molecule has 0 aromatic carbocycles. The molecule has 0 heterocycles. The van der Waals surface area contributed by atoms with Gasteiger partial charge in [0.25, 0.3) is 0 Å². The molecule has 0 saturated heterocycles. The zero-order chi connectivity index (χ0) is 53.1. The predicted molar refractivity (Wildman–Crippen MR) is 312 cm³/mol. The van der Waals surface area contributed by atoms with Crippen LogP contribution in [-0.2, 0) is 32.7 Å². The summed E-state index contributed by atoms with van der Waals surface area (Å²) in [6.07, 6.45) is 70.1. The van der Waals surface area contributed by atoms with Crippen molar-refractivity contribution in [1.29, 1.82) is 0 Å². The van der Waals surface area contributed by atoms with Crippen LogP contribution in [0.1, 0.15) is 348 Å². The van der Waals surface area contributed by atoms with Gasteiger partial charge in [-0.25, -0.2) is 4.57 Å². The highest BCUT2D eigenvalue weighted by Gasteiger charge is 2.26. The van der Waals surface area contributed by atoms with Crippen LogP contribution in [0.5, 0.6) is 0 Å². The van der Waals surface area contributed by atoms with Gasteiger partial charge in [-0.2, -0.15) is 0 Å². The minimum atomic E-state index is -4.38. The Bertz CT molecular complexity index is 1200. The molecule has 0 aliphatic rings. The molecule has 0 amide bonds. The van der Waals surface area contributed by atoms with Crippen molar-refractivity contribution < 1.29 is 37.6 Å². The van der Waals surface area contributed by atoms with Crippen LogP contribution in [0.3, 0.4) is 0 Å². The molecule has 434 valence electrons. The van der Waals surface area contributed by atoms with Gasteiger partial charge < -0.3 is 20.1 Å². The average molecular weight is 1050 g/mol. The number of phosphoric acid groups is 1. The van der Waals surface area contributed by atoms with Crippen LogP contribution in [0.25, 0.3) is 0 Å². The number of hydrogen-bond acceptors (Lipinski definition) is 8. The lowest BCUT2D eigenvalue weighted by molar-refractivity contribution is -0.161. The maximum absolute atomic E-state index is 12.7. The third kappa shape index (κ3) is 59.8. The van der Waals surface area contributed by atoms with Crippen molar-refractivity contribution in [3.8, 4) is 0 Å². The Morgan fingerprint density at radius 2 is 0.671 bits per heavy atom. The van der Waals surface area contributed by atoms with Gasteiger partial charge in [0.15, 0.2) is 6.10 Å². The number of carbonyl (C=O) groups excluding carboxylic acids is 2. The maximum Gasteiger partial charge on any atom is 0.472 e. The monoisotopic (exact) mass is 1050 g/mol. The number of esters is 2. The van der Waals surface area contributed by atoms with E-state index >= 15 is 0 Å². The first-order chi connectivity index (χ1) is 35.8. The minimum Gasteiger partial charge on any atom is -0.462 e. The molecular formula is C63H124NO8P. The summed E-state index contributed by atoms with van der Waals surface area (Å²) in [7, 11) is -4.38. The fraction of sp³-hybridized carbons (Fsp3) is 0.937. The Kier molecular flexibility index (Phi) is 59.0. The molecule has 0 aromatic rings. The molecule has 0 rings (SSSR count). The first kappa shape index (κ1) is 71.8. The second-order valence-electron chi connectivity index (χ2n) is 22.0. The van der Waals surface area contributed by atoms with Crippen molar-refractivity contribution in [3.05, 3.63) is 12.2 Å². The van der Waals surface area contributed by atoms with Gasteiger partial charge in [-0.15, -0.1) is 0 Å². The van der Waals surface area contributed by atoms with E-state index in [1.54, 1.807) is 0 Å². The average Bonchev–Trinajstić information content (AvgIpc) is 3.38. The van der Waals surface area contributed by atoms with E-state index in [1.807, 2.05) is 0 Å². The summed E-state index contributed by atoms with van der Waals surface area (Å²) in [5.74, 6) is -0.802. The Morgan fingerprint density at radius 3 is 0.973 bits per heavy atom. The fourth-order valence-electron chi connectivity index (χ4n) is 9.87. The lowest BCUT2D eigenvalue weighted by Crippen LogP contribution is -2.29. The number of rotatable bonds is 62. The SMILES string of the molecule is CCCCCCCCCC/C=C\CCCCCCCCCCCCCCCCCCCCCC(=O)OC(COC(=O)CCCCCCCCCCCCCCCCCCCCCCC)COP(=O)(O)OCCN. The molecule has 0 aliphatic carbocycles. The van der Waals surface area contributed by atoms with E-state index in [0.717, 1.165) is 32.1 Å². The smallest absolute Gasteiger partial charge is 0.462 e. The van der Waals surface area contributed by atoms with Crippen molar-refractivity contribution >= 4 is 19.8 Å². The van der Waals surface area contributed by atoms with Gasteiger partial charge in [0.2, 0.25) is 0 Å². The van der Waals surface area contributed by atoms with E-state index in [9.17, 15) is 19.0 Å². The quantitative estimate of drug-likeness (QED) is 0.0264. The zero-order valence-corrected chi connectivity index (χ0v) is 49.6. The first-order valence-corrected chi connectivity index (χ1v) is 33.7. The Balaban J connectivity index is 3.84. The number of phosphoric ester groups is 1. The Hall–Kier alpha value is -1.25. The van der Waals surface area contributed by atoms with Crippen LogP contribution in [0.4, 0.5) is 0 Å². The largest absolute Gasteiger partial charge is 0.472 e. The van der Waals surface area contributed by atoms with Gasteiger partial charge in [0, 0.05) is 19.4 Å². The summed E-state index contributed by atoms with van der Waals surface area (Å²) in [5.41, 5.74) is 5.39. The molecule has 2 atom stereocenters. The standard InChI is InChI=1S/C63H124NO8P/c1-3-5-7-9-11-13-15-17-19-21-23-25-26-27-28-29-30-31-32-33-34-36-38-40-42-44-46-48-50-52-54-56-63(66)72-61(60-71-73(67,68)70-58-57-64)59-69-62(65)55-53-51-49-47-45-43-41-39-37-35-24-22-20-18-16-14-12-10-8-6-4-2/h21,23,61H,3-20,22,24-60,64H2,1-2H3,(H,67,68)/b23-21-. The van der Waals surface area contributed by atoms with Crippen molar-refractivity contribution in [2.45, 2.75) is 354 Å². The normalized spacial score (nSPS) is 13.0. The van der Waals surface area contributed by atoms with E-state index in [2.05, 4.69) is 26.0 Å². The lowest BCUT2D eigenvalue weighted by atomic mass is 10.0. The van der Waals surface area contributed by atoms with Gasteiger partial charge in [-0.05, 0) is 38.5 Å². The van der Waals surface area contributed by atoms with Crippen LogP contribution >= 0.6 is 7.82 Å². The summed E-state index contributed by atoms with van der Waals surface area (Å²) in [6.45, 7) is 3.82. The number of carbonyl (C=O) groups is 2. The number of nitrogens with two attached hydrogens (primary N) is 1. The molecule has 2 unspecified atom stereocenters. The second kappa shape index (κ2) is 60.0. The highest BCUT2D eigenvalue weighted by Crippen LogP contribution is 2.43. The van der Waals surface area contributed by atoms with Crippen molar-refractivity contribution in [1.82, 2.24) is 0 Å². The topological polar surface area (TPSA) is 134 Å². The van der Waals surface area contributed by atoms with Crippen molar-refractivity contribution in [2.24, 2.45) is 5.73 Å². The van der Waals surface area contributed by atoms with Gasteiger partial charge in [0.1, 0.15) is 6.61 Å². The summed E-state index contributed by atoms with van der Waals surface area (Å²) >= 11 is 0. The van der Waals surface area contributed by atoms with E-state index in [0.29, 0.717) is 6.42 Å².